The van der Waals surface area contributed by atoms with Crippen molar-refractivity contribution in [1.82, 2.24) is 5.32 Å². The first-order valence-electron chi connectivity index (χ1n) is 6.55. The van der Waals surface area contributed by atoms with Gasteiger partial charge in [0.2, 0.25) is 0 Å². The lowest BCUT2D eigenvalue weighted by molar-refractivity contribution is 0.431. The van der Waals surface area contributed by atoms with Crippen LogP contribution in [0.4, 0.5) is 4.39 Å². The molecule has 0 amide bonds. The van der Waals surface area contributed by atoms with E-state index in [4.69, 9.17) is 0 Å². The molecule has 0 unspecified atom stereocenters. The molecule has 17 heavy (non-hydrogen) atoms. The van der Waals surface area contributed by atoms with E-state index in [9.17, 15) is 4.39 Å². The Kier molecular flexibility index (Phi) is 3.82. The van der Waals surface area contributed by atoms with Crippen LogP contribution in [0.15, 0.2) is 24.3 Å². The molecule has 2 heteroatoms. The summed E-state index contributed by atoms with van der Waals surface area (Å²) in [5, 5.41) is 3.53. The molecule has 0 aromatic heterocycles. The van der Waals surface area contributed by atoms with Gasteiger partial charge in [-0.2, -0.15) is 0 Å². The molecular weight excluding hydrogens is 213 g/mol. The SMILES string of the molecule is CC(C)CNCC1(Cc2cccc(F)c2)CC1. The van der Waals surface area contributed by atoms with Crippen molar-refractivity contribution in [2.75, 3.05) is 13.1 Å². The summed E-state index contributed by atoms with van der Waals surface area (Å²) in [5.74, 6) is 0.577. The molecule has 1 aliphatic rings. The van der Waals surface area contributed by atoms with Gasteiger partial charge in [0.25, 0.3) is 0 Å². The van der Waals surface area contributed by atoms with Gasteiger partial charge in [-0.05, 0) is 54.8 Å². The molecule has 0 bridgehead atoms. The average molecular weight is 235 g/mol. The summed E-state index contributed by atoms with van der Waals surface area (Å²) in [6, 6.07) is 7.02. The minimum absolute atomic E-state index is 0.117. The molecular formula is C15H22FN. The summed E-state index contributed by atoms with van der Waals surface area (Å²) in [6.45, 7) is 6.59. The largest absolute Gasteiger partial charge is 0.316 e. The second kappa shape index (κ2) is 5.18. The third kappa shape index (κ3) is 3.81. The van der Waals surface area contributed by atoms with Crippen molar-refractivity contribution < 1.29 is 4.39 Å². The van der Waals surface area contributed by atoms with Gasteiger partial charge in [-0.3, -0.25) is 0 Å². The van der Waals surface area contributed by atoms with Gasteiger partial charge >= 0.3 is 0 Å². The Morgan fingerprint density at radius 3 is 2.71 bits per heavy atom. The Morgan fingerprint density at radius 1 is 1.35 bits per heavy atom. The predicted octanol–water partition coefficient (Wildman–Crippen LogP) is 3.39. The lowest BCUT2D eigenvalue weighted by Crippen LogP contribution is -2.28. The summed E-state index contributed by atoms with van der Waals surface area (Å²) in [7, 11) is 0. The van der Waals surface area contributed by atoms with Crippen LogP contribution in [-0.2, 0) is 6.42 Å². The van der Waals surface area contributed by atoms with E-state index in [1.165, 1.54) is 18.9 Å². The van der Waals surface area contributed by atoms with E-state index >= 15 is 0 Å². The van der Waals surface area contributed by atoms with Crippen molar-refractivity contribution in [1.29, 1.82) is 0 Å². The molecule has 1 nitrogen and oxygen atoms in total. The predicted molar refractivity (Wildman–Crippen MR) is 69.5 cm³/mol. The Balaban J connectivity index is 1.85. The van der Waals surface area contributed by atoms with Crippen molar-refractivity contribution >= 4 is 0 Å². The van der Waals surface area contributed by atoms with Crippen molar-refractivity contribution in [2.24, 2.45) is 11.3 Å². The van der Waals surface area contributed by atoms with Gasteiger partial charge in [-0.25, -0.2) is 4.39 Å². The Labute approximate surface area is 103 Å². The van der Waals surface area contributed by atoms with Crippen LogP contribution in [0.3, 0.4) is 0 Å². The molecule has 1 fully saturated rings. The van der Waals surface area contributed by atoms with Gasteiger partial charge in [-0.1, -0.05) is 26.0 Å². The fraction of sp³-hybridized carbons (Fsp3) is 0.600. The smallest absolute Gasteiger partial charge is 0.123 e. The number of hydrogen-bond acceptors (Lipinski definition) is 1. The van der Waals surface area contributed by atoms with Gasteiger partial charge in [0, 0.05) is 6.54 Å². The van der Waals surface area contributed by atoms with Crippen LogP contribution in [0.25, 0.3) is 0 Å². The number of hydrogen-bond donors (Lipinski definition) is 1. The molecule has 0 saturated heterocycles. The van der Waals surface area contributed by atoms with E-state index in [1.54, 1.807) is 6.07 Å². The number of halogens is 1. The second-order valence-corrected chi connectivity index (χ2v) is 5.83. The second-order valence-electron chi connectivity index (χ2n) is 5.83. The molecule has 1 aromatic carbocycles. The third-order valence-electron chi connectivity index (χ3n) is 3.48. The first-order chi connectivity index (χ1) is 8.10. The van der Waals surface area contributed by atoms with E-state index < -0.39 is 0 Å². The summed E-state index contributed by atoms with van der Waals surface area (Å²) in [6.07, 6.45) is 3.55. The first kappa shape index (κ1) is 12.6. The highest BCUT2D eigenvalue weighted by molar-refractivity contribution is 5.20. The van der Waals surface area contributed by atoms with Crippen LogP contribution in [0.1, 0.15) is 32.3 Å². The zero-order chi connectivity index (χ0) is 12.3. The van der Waals surface area contributed by atoms with E-state index in [-0.39, 0.29) is 5.82 Å². The van der Waals surface area contributed by atoms with Crippen LogP contribution >= 0.6 is 0 Å². The molecule has 1 saturated carbocycles. The van der Waals surface area contributed by atoms with Crippen LogP contribution in [0.5, 0.6) is 0 Å². The molecule has 94 valence electrons. The zero-order valence-corrected chi connectivity index (χ0v) is 10.8. The summed E-state index contributed by atoms with van der Waals surface area (Å²) in [5.41, 5.74) is 1.54. The highest BCUT2D eigenvalue weighted by atomic mass is 19.1. The molecule has 2 rings (SSSR count). The maximum atomic E-state index is 13.1. The van der Waals surface area contributed by atoms with Crippen LogP contribution < -0.4 is 5.32 Å². The van der Waals surface area contributed by atoms with Crippen molar-refractivity contribution in [3.63, 3.8) is 0 Å². The van der Waals surface area contributed by atoms with Crippen LogP contribution in [-0.4, -0.2) is 13.1 Å². The van der Waals surface area contributed by atoms with Crippen molar-refractivity contribution in [3.8, 4) is 0 Å². The molecule has 0 radical (unpaired) electrons. The standard InChI is InChI=1S/C15H22FN/c1-12(2)10-17-11-15(6-7-15)9-13-4-3-5-14(16)8-13/h3-5,8,12,17H,6-7,9-11H2,1-2H3. The Morgan fingerprint density at radius 2 is 2.12 bits per heavy atom. The minimum atomic E-state index is -0.117. The summed E-state index contributed by atoms with van der Waals surface area (Å²) < 4.78 is 13.1. The lowest BCUT2D eigenvalue weighted by Gasteiger charge is -2.17. The van der Waals surface area contributed by atoms with Crippen LogP contribution in [0, 0.1) is 17.2 Å². The van der Waals surface area contributed by atoms with Gasteiger partial charge in [0.1, 0.15) is 5.82 Å². The fourth-order valence-electron chi connectivity index (χ4n) is 2.30. The lowest BCUT2D eigenvalue weighted by atomic mass is 9.96. The number of rotatable bonds is 6. The number of nitrogens with one attached hydrogen (secondary N) is 1. The summed E-state index contributed by atoms with van der Waals surface area (Å²) in [4.78, 5) is 0. The highest BCUT2D eigenvalue weighted by Gasteiger charge is 2.41. The van der Waals surface area contributed by atoms with Gasteiger partial charge < -0.3 is 5.32 Å². The average Bonchev–Trinajstić information content (AvgIpc) is 2.97. The topological polar surface area (TPSA) is 12.0 Å². The number of benzene rings is 1. The monoisotopic (exact) mass is 235 g/mol. The zero-order valence-electron chi connectivity index (χ0n) is 10.8. The maximum Gasteiger partial charge on any atom is 0.123 e. The third-order valence-corrected chi connectivity index (χ3v) is 3.48. The maximum absolute atomic E-state index is 13.1. The first-order valence-corrected chi connectivity index (χ1v) is 6.55. The molecule has 1 aliphatic carbocycles. The Hall–Kier alpha value is -0.890. The molecule has 1 aromatic rings. The van der Waals surface area contributed by atoms with Crippen molar-refractivity contribution in [3.05, 3.63) is 35.6 Å². The van der Waals surface area contributed by atoms with Gasteiger partial charge in [-0.15, -0.1) is 0 Å². The van der Waals surface area contributed by atoms with E-state index in [2.05, 4.69) is 19.2 Å². The quantitative estimate of drug-likeness (QED) is 0.797. The van der Waals surface area contributed by atoms with E-state index in [1.807, 2.05) is 12.1 Å². The normalized spacial score (nSPS) is 17.4. The van der Waals surface area contributed by atoms with Crippen LogP contribution in [0.2, 0.25) is 0 Å². The van der Waals surface area contributed by atoms with E-state index in [0.717, 1.165) is 25.1 Å². The molecule has 0 atom stereocenters. The van der Waals surface area contributed by atoms with Crippen molar-refractivity contribution in [2.45, 2.75) is 33.1 Å². The molecule has 1 N–H and O–H groups in total. The summed E-state index contributed by atoms with van der Waals surface area (Å²) >= 11 is 0. The molecule has 0 aliphatic heterocycles. The minimum Gasteiger partial charge on any atom is -0.316 e. The van der Waals surface area contributed by atoms with Gasteiger partial charge in [0.15, 0.2) is 0 Å². The molecule has 0 spiro atoms. The molecule has 0 heterocycles. The highest BCUT2D eigenvalue weighted by Crippen LogP contribution is 2.47. The van der Waals surface area contributed by atoms with Gasteiger partial charge in [0.05, 0.1) is 0 Å². The van der Waals surface area contributed by atoms with E-state index in [0.29, 0.717) is 11.3 Å². The Bertz CT molecular complexity index is 369. The fourth-order valence-corrected chi connectivity index (χ4v) is 2.30.